The monoisotopic (exact) mass is 297 g/mol. The van der Waals surface area contributed by atoms with E-state index in [1.54, 1.807) is 6.26 Å². The molecule has 0 bridgehead atoms. The van der Waals surface area contributed by atoms with Crippen LogP contribution >= 0.6 is 0 Å². The van der Waals surface area contributed by atoms with Crippen LogP contribution in [-0.2, 0) is 6.54 Å². The van der Waals surface area contributed by atoms with Crippen molar-refractivity contribution in [2.45, 2.75) is 26.4 Å². The minimum atomic E-state index is 0.0103. The fourth-order valence-electron chi connectivity index (χ4n) is 2.27. The highest BCUT2D eigenvalue weighted by Crippen LogP contribution is 2.24. The Kier molecular flexibility index (Phi) is 4.06. The molecule has 3 rings (SSSR count). The molecule has 5 heteroatoms. The van der Waals surface area contributed by atoms with Gasteiger partial charge in [0, 0.05) is 5.56 Å². The van der Waals surface area contributed by atoms with Crippen LogP contribution < -0.4 is 0 Å². The maximum absolute atomic E-state index is 5.83. The normalized spacial score (nSPS) is 12.7. The van der Waals surface area contributed by atoms with E-state index in [0.29, 0.717) is 18.3 Å². The third-order valence-electron chi connectivity index (χ3n) is 3.71. The lowest BCUT2D eigenvalue weighted by Crippen LogP contribution is -2.21. The van der Waals surface area contributed by atoms with E-state index >= 15 is 0 Å². The lowest BCUT2D eigenvalue weighted by molar-refractivity contribution is 0.203. The van der Waals surface area contributed by atoms with Gasteiger partial charge in [-0.15, -0.1) is 10.2 Å². The number of aromatic nitrogens is 2. The molecule has 0 aliphatic rings. The molecule has 1 atom stereocenters. The van der Waals surface area contributed by atoms with Crippen molar-refractivity contribution in [2.24, 2.45) is 0 Å². The molecule has 0 aliphatic carbocycles. The average Bonchev–Trinajstić information content (AvgIpc) is 3.17. The Morgan fingerprint density at radius 2 is 2.05 bits per heavy atom. The Morgan fingerprint density at radius 3 is 2.77 bits per heavy atom. The zero-order chi connectivity index (χ0) is 15.5. The van der Waals surface area contributed by atoms with Gasteiger partial charge in [-0.25, -0.2) is 0 Å². The van der Waals surface area contributed by atoms with E-state index in [2.05, 4.69) is 15.1 Å². The van der Waals surface area contributed by atoms with Gasteiger partial charge < -0.3 is 8.83 Å². The number of rotatable bonds is 5. The van der Waals surface area contributed by atoms with Gasteiger partial charge in [0.15, 0.2) is 0 Å². The third kappa shape index (κ3) is 3.09. The molecule has 2 aromatic heterocycles. The molecular weight excluding hydrogens is 278 g/mol. The molecule has 114 valence electrons. The largest absolute Gasteiger partial charge is 0.468 e. The molecule has 3 aromatic rings. The van der Waals surface area contributed by atoms with E-state index in [4.69, 9.17) is 8.83 Å². The van der Waals surface area contributed by atoms with Gasteiger partial charge in [-0.05, 0) is 45.2 Å². The highest BCUT2D eigenvalue weighted by atomic mass is 16.4. The number of aryl methyl sites for hydroxylation is 1. The first kappa shape index (κ1) is 14.5. The lowest BCUT2D eigenvalue weighted by Gasteiger charge is -2.20. The second-order valence-electron chi connectivity index (χ2n) is 5.49. The molecule has 1 unspecified atom stereocenters. The summed E-state index contributed by atoms with van der Waals surface area (Å²) in [6, 6.07) is 11.9. The van der Waals surface area contributed by atoms with Crippen molar-refractivity contribution < 1.29 is 8.83 Å². The van der Waals surface area contributed by atoms with E-state index in [0.717, 1.165) is 11.3 Å². The summed E-state index contributed by atoms with van der Waals surface area (Å²) in [5, 5.41) is 8.34. The van der Waals surface area contributed by atoms with E-state index in [9.17, 15) is 0 Å². The van der Waals surface area contributed by atoms with E-state index in [1.807, 2.05) is 57.3 Å². The summed E-state index contributed by atoms with van der Waals surface area (Å²) in [7, 11) is 2.00. The van der Waals surface area contributed by atoms with Gasteiger partial charge in [-0.2, -0.15) is 0 Å². The average molecular weight is 297 g/mol. The predicted molar refractivity (Wildman–Crippen MR) is 83.1 cm³/mol. The zero-order valence-electron chi connectivity index (χ0n) is 13.0. The van der Waals surface area contributed by atoms with E-state index in [1.165, 1.54) is 5.56 Å². The summed E-state index contributed by atoms with van der Waals surface area (Å²) in [6.45, 7) is 4.77. The number of nitrogens with zero attached hydrogens (tertiary/aromatic N) is 3. The van der Waals surface area contributed by atoms with Crippen LogP contribution in [0.2, 0.25) is 0 Å². The molecule has 2 heterocycles. The quantitative estimate of drug-likeness (QED) is 0.716. The van der Waals surface area contributed by atoms with Crippen LogP contribution in [0.25, 0.3) is 11.5 Å². The Balaban J connectivity index is 1.75. The smallest absolute Gasteiger partial charge is 0.247 e. The van der Waals surface area contributed by atoms with E-state index < -0.39 is 0 Å². The fourth-order valence-corrected chi connectivity index (χ4v) is 2.27. The number of hydrogen-bond acceptors (Lipinski definition) is 5. The summed E-state index contributed by atoms with van der Waals surface area (Å²) in [6.07, 6.45) is 1.68. The van der Waals surface area contributed by atoms with Crippen LogP contribution in [0.5, 0.6) is 0 Å². The Hall–Kier alpha value is -2.40. The van der Waals surface area contributed by atoms with Crippen molar-refractivity contribution in [3.05, 3.63) is 59.9 Å². The van der Waals surface area contributed by atoms with Gasteiger partial charge in [-0.3, -0.25) is 4.90 Å². The minimum Gasteiger partial charge on any atom is -0.468 e. The Labute approximate surface area is 129 Å². The molecule has 0 saturated heterocycles. The summed E-state index contributed by atoms with van der Waals surface area (Å²) < 4.78 is 11.2. The molecule has 0 saturated carbocycles. The summed E-state index contributed by atoms with van der Waals surface area (Å²) in [5.41, 5.74) is 2.11. The van der Waals surface area contributed by atoms with Crippen LogP contribution in [0.15, 0.2) is 51.5 Å². The van der Waals surface area contributed by atoms with Crippen LogP contribution in [0.4, 0.5) is 0 Å². The molecule has 0 fully saturated rings. The number of furan rings is 1. The topological polar surface area (TPSA) is 55.3 Å². The van der Waals surface area contributed by atoms with Crippen molar-refractivity contribution >= 4 is 0 Å². The fraction of sp³-hybridized carbons (Fsp3) is 0.294. The van der Waals surface area contributed by atoms with Crippen LogP contribution in [0.3, 0.4) is 0 Å². The minimum absolute atomic E-state index is 0.0103. The van der Waals surface area contributed by atoms with Gasteiger partial charge in [0.1, 0.15) is 5.76 Å². The Bertz CT molecular complexity index is 734. The molecule has 5 nitrogen and oxygen atoms in total. The maximum Gasteiger partial charge on any atom is 0.247 e. The lowest BCUT2D eigenvalue weighted by atomic mass is 10.1. The highest BCUT2D eigenvalue weighted by Gasteiger charge is 2.20. The molecule has 0 spiro atoms. The molecule has 0 radical (unpaired) electrons. The molecule has 0 aliphatic heterocycles. The molecule has 0 N–H and O–H groups in total. The summed E-state index contributed by atoms with van der Waals surface area (Å²) in [5.74, 6) is 2.07. The van der Waals surface area contributed by atoms with Gasteiger partial charge in [0.05, 0.1) is 18.8 Å². The van der Waals surface area contributed by atoms with Gasteiger partial charge in [-0.1, -0.05) is 17.7 Å². The van der Waals surface area contributed by atoms with Gasteiger partial charge in [0.2, 0.25) is 11.8 Å². The van der Waals surface area contributed by atoms with E-state index in [-0.39, 0.29) is 6.04 Å². The van der Waals surface area contributed by atoms with Crippen molar-refractivity contribution in [1.82, 2.24) is 15.1 Å². The summed E-state index contributed by atoms with van der Waals surface area (Å²) >= 11 is 0. The van der Waals surface area contributed by atoms with Crippen LogP contribution in [0, 0.1) is 6.92 Å². The third-order valence-corrected chi connectivity index (χ3v) is 3.71. The molecule has 1 aromatic carbocycles. The van der Waals surface area contributed by atoms with Crippen LogP contribution in [-0.4, -0.2) is 22.1 Å². The number of benzene rings is 1. The van der Waals surface area contributed by atoms with Gasteiger partial charge >= 0.3 is 0 Å². The second-order valence-corrected chi connectivity index (χ2v) is 5.49. The predicted octanol–water partition coefficient (Wildman–Crippen LogP) is 3.83. The SMILES string of the molecule is Cc1cccc(-c2nnc(C(C)N(C)Cc3ccco3)o2)c1. The van der Waals surface area contributed by atoms with Gasteiger partial charge in [0.25, 0.3) is 0 Å². The highest BCUT2D eigenvalue weighted by molar-refractivity contribution is 5.53. The molecular formula is C17H19N3O2. The zero-order valence-corrected chi connectivity index (χ0v) is 13.0. The van der Waals surface area contributed by atoms with Crippen LogP contribution in [0.1, 0.15) is 30.2 Å². The second kappa shape index (κ2) is 6.15. The van der Waals surface area contributed by atoms with Crippen molar-refractivity contribution in [1.29, 1.82) is 0 Å². The first-order chi connectivity index (χ1) is 10.6. The molecule has 22 heavy (non-hydrogen) atoms. The molecule has 0 amide bonds. The maximum atomic E-state index is 5.83. The summed E-state index contributed by atoms with van der Waals surface area (Å²) in [4.78, 5) is 2.10. The van der Waals surface area contributed by atoms with Crippen molar-refractivity contribution in [3.63, 3.8) is 0 Å². The standard InChI is InChI=1S/C17H19N3O2/c1-12-6-4-7-14(10-12)17-19-18-16(22-17)13(2)20(3)11-15-8-5-9-21-15/h4-10,13H,11H2,1-3H3. The van der Waals surface area contributed by atoms with Crippen molar-refractivity contribution in [2.75, 3.05) is 7.05 Å². The first-order valence-corrected chi connectivity index (χ1v) is 7.26. The Morgan fingerprint density at radius 1 is 1.18 bits per heavy atom. The number of hydrogen-bond donors (Lipinski definition) is 0. The first-order valence-electron chi connectivity index (χ1n) is 7.26. The van der Waals surface area contributed by atoms with Crippen molar-refractivity contribution in [3.8, 4) is 11.5 Å².